The first-order chi connectivity index (χ1) is 18.0. The number of carbonyl (C=O) groups is 2. The summed E-state index contributed by atoms with van der Waals surface area (Å²) in [6.45, 7) is 0.0175. The molecule has 0 radical (unpaired) electrons. The molecule has 1 aliphatic carbocycles. The van der Waals surface area contributed by atoms with Gasteiger partial charge in [0.05, 0.1) is 0 Å². The number of hydrogen-bond donors (Lipinski definition) is 1. The van der Waals surface area contributed by atoms with Crippen molar-refractivity contribution in [3.63, 3.8) is 0 Å². The standard InChI is InChI=1S/C31H34ClFN2O2/c32-27-17-9-7-13-24(27)19-20-30(36)35(22-25-14-8-10-18-28(25)33)29(21-23-11-3-1-4-12-23)31(37)34-26-15-5-2-6-16-26/h1,3-4,7-14,17-18,26,29H,2,5-6,15-16,19-22H2,(H,34,37)/t29-/m1/s1. The fraction of sp³-hybridized carbons (Fsp3) is 0.355. The van der Waals surface area contributed by atoms with Gasteiger partial charge in [0, 0.05) is 36.0 Å². The summed E-state index contributed by atoms with van der Waals surface area (Å²) in [7, 11) is 0. The summed E-state index contributed by atoms with van der Waals surface area (Å²) < 4.78 is 14.7. The van der Waals surface area contributed by atoms with E-state index in [2.05, 4.69) is 5.32 Å². The Hall–Kier alpha value is -3.18. The molecule has 1 aliphatic rings. The number of halogens is 2. The molecule has 0 heterocycles. The first-order valence-corrected chi connectivity index (χ1v) is 13.5. The van der Waals surface area contributed by atoms with Gasteiger partial charge in [-0.05, 0) is 42.5 Å². The molecule has 3 aromatic carbocycles. The van der Waals surface area contributed by atoms with Gasteiger partial charge in [-0.3, -0.25) is 9.59 Å². The molecule has 0 aliphatic heterocycles. The van der Waals surface area contributed by atoms with E-state index in [0.29, 0.717) is 23.4 Å². The van der Waals surface area contributed by atoms with E-state index in [-0.39, 0.29) is 30.8 Å². The SMILES string of the molecule is O=C(NC1CCCCC1)[C@@H](Cc1ccccc1)N(Cc1ccccc1F)C(=O)CCc1ccccc1Cl. The van der Waals surface area contributed by atoms with Crippen molar-refractivity contribution in [3.05, 3.63) is 106 Å². The summed E-state index contributed by atoms with van der Waals surface area (Å²) in [6.07, 6.45) is 6.20. The molecule has 4 nitrogen and oxygen atoms in total. The smallest absolute Gasteiger partial charge is 0.243 e. The lowest BCUT2D eigenvalue weighted by Crippen LogP contribution is -2.53. The highest BCUT2D eigenvalue weighted by molar-refractivity contribution is 6.31. The van der Waals surface area contributed by atoms with E-state index in [1.807, 2.05) is 48.5 Å². The van der Waals surface area contributed by atoms with Crippen LogP contribution in [0.1, 0.15) is 55.2 Å². The third-order valence-electron chi connectivity index (χ3n) is 7.09. The Bertz CT molecular complexity index is 1180. The fourth-order valence-electron chi connectivity index (χ4n) is 4.99. The van der Waals surface area contributed by atoms with Gasteiger partial charge >= 0.3 is 0 Å². The van der Waals surface area contributed by atoms with Crippen molar-refractivity contribution in [2.45, 2.75) is 70.0 Å². The molecular weight excluding hydrogens is 487 g/mol. The molecule has 1 atom stereocenters. The summed E-state index contributed by atoms with van der Waals surface area (Å²) in [4.78, 5) is 29.1. The number of amides is 2. The quantitative estimate of drug-likeness (QED) is 0.331. The van der Waals surface area contributed by atoms with Gasteiger partial charge in [-0.15, -0.1) is 0 Å². The molecule has 3 aromatic rings. The molecule has 194 valence electrons. The van der Waals surface area contributed by atoms with Crippen LogP contribution in [0.2, 0.25) is 5.02 Å². The molecule has 4 rings (SSSR count). The van der Waals surface area contributed by atoms with Gasteiger partial charge < -0.3 is 10.2 Å². The maximum atomic E-state index is 14.7. The Kier molecular flexibility index (Phi) is 9.72. The Balaban J connectivity index is 1.62. The molecule has 1 saturated carbocycles. The number of benzene rings is 3. The average molecular weight is 521 g/mol. The van der Waals surface area contributed by atoms with Crippen LogP contribution in [-0.2, 0) is 29.0 Å². The second kappa shape index (κ2) is 13.4. The molecule has 0 spiro atoms. The Morgan fingerprint density at radius 3 is 2.24 bits per heavy atom. The van der Waals surface area contributed by atoms with Crippen molar-refractivity contribution in [1.82, 2.24) is 10.2 Å². The van der Waals surface area contributed by atoms with Crippen LogP contribution in [-0.4, -0.2) is 28.8 Å². The number of nitrogens with one attached hydrogen (secondary N) is 1. The molecule has 1 N–H and O–H groups in total. The third-order valence-corrected chi connectivity index (χ3v) is 7.46. The lowest BCUT2D eigenvalue weighted by molar-refractivity contribution is -0.141. The summed E-state index contributed by atoms with van der Waals surface area (Å²) in [5.74, 6) is -0.779. The highest BCUT2D eigenvalue weighted by atomic mass is 35.5. The summed E-state index contributed by atoms with van der Waals surface area (Å²) in [5, 5.41) is 3.81. The molecule has 1 fully saturated rings. The predicted octanol–water partition coefficient (Wildman–Crippen LogP) is 6.50. The second-order valence-corrected chi connectivity index (χ2v) is 10.2. The van der Waals surface area contributed by atoms with Gasteiger partial charge in [-0.2, -0.15) is 0 Å². The summed E-state index contributed by atoms with van der Waals surface area (Å²) in [5.41, 5.74) is 2.20. The zero-order chi connectivity index (χ0) is 26.0. The fourth-order valence-corrected chi connectivity index (χ4v) is 5.22. The lowest BCUT2D eigenvalue weighted by atomic mass is 9.94. The molecular formula is C31H34ClFN2O2. The Morgan fingerprint density at radius 2 is 1.54 bits per heavy atom. The highest BCUT2D eigenvalue weighted by Crippen LogP contribution is 2.22. The summed E-state index contributed by atoms with van der Waals surface area (Å²) in [6, 6.07) is 22.9. The first kappa shape index (κ1) is 26.9. The van der Waals surface area contributed by atoms with E-state index in [4.69, 9.17) is 11.6 Å². The van der Waals surface area contributed by atoms with Crippen molar-refractivity contribution < 1.29 is 14.0 Å². The maximum Gasteiger partial charge on any atom is 0.243 e. The molecule has 2 amide bonds. The minimum Gasteiger partial charge on any atom is -0.352 e. The molecule has 6 heteroatoms. The monoisotopic (exact) mass is 520 g/mol. The van der Waals surface area contributed by atoms with E-state index in [1.54, 1.807) is 29.2 Å². The summed E-state index contributed by atoms with van der Waals surface area (Å²) >= 11 is 6.33. The minimum atomic E-state index is -0.761. The van der Waals surface area contributed by atoms with Gasteiger partial charge in [-0.1, -0.05) is 97.6 Å². The van der Waals surface area contributed by atoms with Crippen molar-refractivity contribution in [1.29, 1.82) is 0 Å². The molecule has 0 unspecified atom stereocenters. The number of hydrogen-bond acceptors (Lipinski definition) is 2. The molecule has 0 saturated heterocycles. The van der Waals surface area contributed by atoms with E-state index in [0.717, 1.165) is 36.8 Å². The number of aryl methyl sites for hydroxylation is 1. The van der Waals surface area contributed by atoms with Crippen molar-refractivity contribution in [2.24, 2.45) is 0 Å². The van der Waals surface area contributed by atoms with Crippen molar-refractivity contribution in [2.75, 3.05) is 0 Å². The van der Waals surface area contributed by atoms with Crippen molar-refractivity contribution in [3.8, 4) is 0 Å². The zero-order valence-electron chi connectivity index (χ0n) is 21.0. The minimum absolute atomic E-state index is 0.0175. The molecule has 0 aromatic heterocycles. The largest absolute Gasteiger partial charge is 0.352 e. The molecule has 0 bridgehead atoms. The zero-order valence-corrected chi connectivity index (χ0v) is 21.8. The van der Waals surface area contributed by atoms with Crippen LogP contribution in [0.4, 0.5) is 4.39 Å². The topological polar surface area (TPSA) is 49.4 Å². The van der Waals surface area contributed by atoms with E-state index in [1.165, 1.54) is 12.5 Å². The average Bonchev–Trinajstić information content (AvgIpc) is 2.92. The van der Waals surface area contributed by atoms with Crippen LogP contribution >= 0.6 is 11.6 Å². The second-order valence-electron chi connectivity index (χ2n) is 9.75. The van der Waals surface area contributed by atoms with Gasteiger partial charge in [0.25, 0.3) is 0 Å². The lowest BCUT2D eigenvalue weighted by Gasteiger charge is -2.33. The number of rotatable bonds is 10. The van der Waals surface area contributed by atoms with Crippen LogP contribution in [0, 0.1) is 5.82 Å². The van der Waals surface area contributed by atoms with E-state index >= 15 is 0 Å². The molecule has 37 heavy (non-hydrogen) atoms. The number of nitrogens with zero attached hydrogens (tertiary/aromatic N) is 1. The van der Waals surface area contributed by atoms with E-state index < -0.39 is 11.9 Å². The highest BCUT2D eigenvalue weighted by Gasteiger charge is 2.32. The van der Waals surface area contributed by atoms with Gasteiger partial charge in [0.2, 0.25) is 11.8 Å². The number of carbonyl (C=O) groups excluding carboxylic acids is 2. The van der Waals surface area contributed by atoms with Gasteiger partial charge in [0.1, 0.15) is 11.9 Å². The van der Waals surface area contributed by atoms with Crippen LogP contribution in [0.3, 0.4) is 0 Å². The normalized spacial score (nSPS) is 14.6. The van der Waals surface area contributed by atoms with Gasteiger partial charge in [0.15, 0.2) is 0 Å². The predicted molar refractivity (Wildman–Crippen MR) is 146 cm³/mol. The first-order valence-electron chi connectivity index (χ1n) is 13.1. The van der Waals surface area contributed by atoms with Crippen LogP contribution < -0.4 is 5.32 Å². The van der Waals surface area contributed by atoms with Gasteiger partial charge in [-0.25, -0.2) is 4.39 Å². The van der Waals surface area contributed by atoms with Crippen molar-refractivity contribution >= 4 is 23.4 Å². The van der Waals surface area contributed by atoms with Crippen LogP contribution in [0.25, 0.3) is 0 Å². The van der Waals surface area contributed by atoms with Crippen LogP contribution in [0.15, 0.2) is 78.9 Å². The van der Waals surface area contributed by atoms with Crippen LogP contribution in [0.5, 0.6) is 0 Å². The Labute approximate surface area is 223 Å². The third kappa shape index (κ3) is 7.65. The van der Waals surface area contributed by atoms with E-state index in [9.17, 15) is 14.0 Å². The maximum absolute atomic E-state index is 14.7. The Morgan fingerprint density at radius 1 is 0.892 bits per heavy atom.